The molecule has 4 heteroatoms. The van der Waals surface area contributed by atoms with Crippen LogP contribution < -0.4 is 0 Å². The highest BCUT2D eigenvalue weighted by atomic mass is 19.1. The van der Waals surface area contributed by atoms with Crippen molar-refractivity contribution in [1.29, 1.82) is 0 Å². The second kappa shape index (κ2) is 10.6. The summed E-state index contributed by atoms with van der Waals surface area (Å²) in [5.41, 5.74) is 3.94. The van der Waals surface area contributed by atoms with Crippen LogP contribution in [0.25, 0.3) is 0 Å². The zero-order valence-corrected chi connectivity index (χ0v) is 18.5. The molecule has 0 aliphatic carbocycles. The van der Waals surface area contributed by atoms with Gasteiger partial charge in [-0.25, -0.2) is 4.39 Å². The van der Waals surface area contributed by atoms with E-state index in [0.717, 1.165) is 22.4 Å². The number of rotatable bonds is 9. The Morgan fingerprint density at radius 3 is 2.06 bits per heavy atom. The molecule has 0 fully saturated rings. The minimum atomic E-state index is -0.395. The maximum atomic E-state index is 13.9. The lowest BCUT2D eigenvalue weighted by Crippen LogP contribution is -2.36. The van der Waals surface area contributed by atoms with Gasteiger partial charge in [0.15, 0.2) is 0 Å². The summed E-state index contributed by atoms with van der Waals surface area (Å²) >= 11 is 0. The summed E-state index contributed by atoms with van der Waals surface area (Å²) in [5.74, 6) is -0.614. The average Bonchev–Trinajstić information content (AvgIpc) is 3.28. The van der Waals surface area contributed by atoms with Crippen molar-refractivity contribution >= 4 is 5.91 Å². The number of hydrogen-bond acceptors (Lipinski definition) is 1. The van der Waals surface area contributed by atoms with Crippen molar-refractivity contribution < 1.29 is 9.18 Å². The van der Waals surface area contributed by atoms with Crippen molar-refractivity contribution in [2.24, 2.45) is 0 Å². The summed E-state index contributed by atoms with van der Waals surface area (Å²) in [7, 11) is 0. The fourth-order valence-corrected chi connectivity index (χ4v) is 4.07. The van der Waals surface area contributed by atoms with Crippen molar-refractivity contribution in [1.82, 2.24) is 9.47 Å². The van der Waals surface area contributed by atoms with E-state index in [2.05, 4.69) is 11.1 Å². The molecule has 0 spiro atoms. The molecule has 0 unspecified atom stereocenters. The molecule has 1 amide bonds. The fourth-order valence-electron chi connectivity index (χ4n) is 4.07. The summed E-state index contributed by atoms with van der Waals surface area (Å²) in [4.78, 5) is 15.7. The molecule has 0 saturated heterocycles. The van der Waals surface area contributed by atoms with E-state index in [1.165, 1.54) is 12.1 Å². The average molecular weight is 439 g/mol. The first-order chi connectivity index (χ1) is 16.2. The van der Waals surface area contributed by atoms with E-state index in [9.17, 15) is 9.18 Å². The Morgan fingerprint density at radius 1 is 0.879 bits per heavy atom. The van der Waals surface area contributed by atoms with Gasteiger partial charge in [0.2, 0.25) is 5.91 Å². The Morgan fingerprint density at radius 2 is 1.48 bits per heavy atom. The van der Waals surface area contributed by atoms with E-state index in [1.54, 1.807) is 18.2 Å². The van der Waals surface area contributed by atoms with E-state index >= 15 is 0 Å². The van der Waals surface area contributed by atoms with Gasteiger partial charge in [-0.15, -0.1) is 6.58 Å². The molecule has 3 aromatic carbocycles. The summed E-state index contributed by atoms with van der Waals surface area (Å²) in [5, 5.41) is 0. The largest absolute Gasteiger partial charge is 0.345 e. The SMILES string of the molecule is C=CCN(Cc1cccn1Cc1ccc(F)cc1)C(=O)C(c1ccccc1)c1ccccc1. The topological polar surface area (TPSA) is 25.2 Å². The third-order valence-corrected chi connectivity index (χ3v) is 5.72. The quantitative estimate of drug-likeness (QED) is 0.293. The van der Waals surface area contributed by atoms with E-state index in [0.29, 0.717) is 19.6 Å². The van der Waals surface area contributed by atoms with Crippen LogP contribution in [0, 0.1) is 5.82 Å². The molecule has 0 atom stereocenters. The molecule has 0 aliphatic heterocycles. The minimum Gasteiger partial charge on any atom is -0.345 e. The molecular formula is C29H27FN2O. The van der Waals surface area contributed by atoms with E-state index in [4.69, 9.17) is 0 Å². The first-order valence-corrected chi connectivity index (χ1v) is 11.0. The summed E-state index contributed by atoms with van der Waals surface area (Å²) in [6, 6.07) is 30.3. The van der Waals surface area contributed by atoms with Crippen LogP contribution in [0.4, 0.5) is 4.39 Å². The van der Waals surface area contributed by atoms with Crippen LogP contribution in [0.1, 0.15) is 28.3 Å². The summed E-state index contributed by atoms with van der Waals surface area (Å²) in [6.45, 7) is 5.38. The lowest BCUT2D eigenvalue weighted by atomic mass is 9.90. The number of nitrogens with zero attached hydrogens (tertiary/aromatic N) is 2. The molecule has 4 rings (SSSR count). The standard InChI is InChI=1S/C29H27FN2O/c1-2-19-32(22-27-14-9-20-31(27)21-23-15-17-26(30)18-16-23)29(33)28(24-10-5-3-6-11-24)25-12-7-4-8-13-25/h2-18,20,28H,1,19,21-22H2. The Balaban J connectivity index is 1.61. The lowest BCUT2D eigenvalue weighted by molar-refractivity contribution is -0.132. The number of benzene rings is 3. The third kappa shape index (κ3) is 5.47. The fraction of sp³-hybridized carbons (Fsp3) is 0.138. The monoisotopic (exact) mass is 438 g/mol. The van der Waals surface area contributed by atoms with Gasteiger partial charge in [0.25, 0.3) is 0 Å². The van der Waals surface area contributed by atoms with Gasteiger partial charge in [0.05, 0.1) is 12.5 Å². The van der Waals surface area contributed by atoms with Crippen LogP contribution >= 0.6 is 0 Å². The molecule has 0 radical (unpaired) electrons. The second-order valence-electron chi connectivity index (χ2n) is 8.02. The van der Waals surface area contributed by atoms with Gasteiger partial charge in [-0.2, -0.15) is 0 Å². The van der Waals surface area contributed by atoms with E-state index in [-0.39, 0.29) is 11.7 Å². The number of carbonyl (C=O) groups excluding carboxylic acids is 1. The maximum Gasteiger partial charge on any atom is 0.235 e. The molecular weight excluding hydrogens is 411 g/mol. The normalized spacial score (nSPS) is 10.8. The van der Waals surface area contributed by atoms with Crippen LogP contribution in [0.2, 0.25) is 0 Å². The van der Waals surface area contributed by atoms with Gasteiger partial charge in [-0.1, -0.05) is 78.9 Å². The Kier molecular flexibility index (Phi) is 7.16. The Bertz CT molecular complexity index is 1140. The highest BCUT2D eigenvalue weighted by Crippen LogP contribution is 2.27. The predicted molar refractivity (Wildman–Crippen MR) is 130 cm³/mol. The van der Waals surface area contributed by atoms with Gasteiger partial charge in [0.1, 0.15) is 5.82 Å². The summed E-state index contributed by atoms with van der Waals surface area (Å²) in [6.07, 6.45) is 3.75. The molecule has 0 N–H and O–H groups in total. The molecule has 0 saturated carbocycles. The van der Waals surface area contributed by atoms with Gasteiger partial charge >= 0.3 is 0 Å². The number of carbonyl (C=O) groups is 1. The molecule has 1 aromatic heterocycles. The van der Waals surface area contributed by atoms with Crippen molar-refractivity contribution in [3.8, 4) is 0 Å². The Hall–Kier alpha value is -3.92. The molecule has 0 bridgehead atoms. The molecule has 33 heavy (non-hydrogen) atoms. The van der Waals surface area contributed by atoms with E-state index < -0.39 is 5.92 Å². The summed E-state index contributed by atoms with van der Waals surface area (Å²) < 4.78 is 15.4. The molecule has 3 nitrogen and oxygen atoms in total. The van der Waals surface area contributed by atoms with Gasteiger partial charge in [-0.3, -0.25) is 4.79 Å². The third-order valence-electron chi connectivity index (χ3n) is 5.72. The minimum absolute atomic E-state index is 0.0295. The van der Waals surface area contributed by atoms with Gasteiger partial charge in [0, 0.05) is 25.0 Å². The number of hydrogen-bond donors (Lipinski definition) is 0. The molecule has 166 valence electrons. The zero-order chi connectivity index (χ0) is 23.0. The highest BCUT2D eigenvalue weighted by Gasteiger charge is 2.27. The number of halogens is 1. The van der Waals surface area contributed by atoms with Crippen LogP contribution in [-0.4, -0.2) is 21.9 Å². The zero-order valence-electron chi connectivity index (χ0n) is 18.5. The molecule has 0 aliphatic rings. The van der Waals surface area contributed by atoms with Crippen molar-refractivity contribution in [2.75, 3.05) is 6.54 Å². The van der Waals surface area contributed by atoms with Crippen molar-refractivity contribution in [2.45, 2.75) is 19.0 Å². The number of aromatic nitrogens is 1. The van der Waals surface area contributed by atoms with Crippen LogP contribution in [0.5, 0.6) is 0 Å². The van der Waals surface area contributed by atoms with Crippen molar-refractivity contribution in [3.63, 3.8) is 0 Å². The van der Waals surface area contributed by atoms with E-state index in [1.807, 2.05) is 83.9 Å². The predicted octanol–water partition coefficient (Wildman–Crippen LogP) is 6.02. The lowest BCUT2D eigenvalue weighted by Gasteiger charge is -2.28. The Labute approximate surface area is 194 Å². The number of amides is 1. The van der Waals surface area contributed by atoms with Crippen LogP contribution in [-0.2, 0) is 17.9 Å². The van der Waals surface area contributed by atoms with Crippen LogP contribution in [0.15, 0.2) is 116 Å². The second-order valence-corrected chi connectivity index (χ2v) is 8.02. The smallest absolute Gasteiger partial charge is 0.235 e. The molecule has 1 heterocycles. The highest BCUT2D eigenvalue weighted by molar-refractivity contribution is 5.87. The molecule has 4 aromatic rings. The van der Waals surface area contributed by atoms with Gasteiger partial charge in [-0.05, 0) is 41.0 Å². The van der Waals surface area contributed by atoms with Crippen LogP contribution in [0.3, 0.4) is 0 Å². The maximum absolute atomic E-state index is 13.9. The van der Waals surface area contributed by atoms with Crippen molar-refractivity contribution in [3.05, 3.63) is 144 Å². The first-order valence-electron chi connectivity index (χ1n) is 11.0. The first kappa shape index (κ1) is 22.3. The van der Waals surface area contributed by atoms with Gasteiger partial charge < -0.3 is 9.47 Å².